The van der Waals surface area contributed by atoms with Gasteiger partial charge in [-0.2, -0.15) is 0 Å². The first-order valence-corrected chi connectivity index (χ1v) is 9.58. The predicted molar refractivity (Wildman–Crippen MR) is 121 cm³/mol. The number of nitrogens with one attached hydrogen (secondary N) is 1. The van der Waals surface area contributed by atoms with Crippen molar-refractivity contribution in [3.8, 4) is 11.5 Å². The van der Waals surface area contributed by atoms with E-state index >= 15 is 0 Å². The van der Waals surface area contributed by atoms with E-state index in [0.29, 0.717) is 13.2 Å². The Balaban J connectivity index is 0.00000364. The highest BCUT2D eigenvalue weighted by atomic mass is 127. The van der Waals surface area contributed by atoms with E-state index in [0.717, 1.165) is 63.0 Å². The molecule has 1 heterocycles. The van der Waals surface area contributed by atoms with E-state index in [2.05, 4.69) is 36.2 Å². The largest absolute Gasteiger partial charge is 0.493 e. The van der Waals surface area contributed by atoms with Gasteiger partial charge >= 0.3 is 0 Å². The second kappa shape index (κ2) is 13.0. The van der Waals surface area contributed by atoms with Crippen molar-refractivity contribution in [3.63, 3.8) is 0 Å². The molecule has 0 radical (unpaired) electrons. The maximum Gasteiger partial charge on any atom is 0.194 e. The molecule has 1 N–H and O–H groups in total. The van der Waals surface area contributed by atoms with E-state index in [1.54, 1.807) is 14.2 Å². The van der Waals surface area contributed by atoms with Gasteiger partial charge in [0, 0.05) is 26.2 Å². The summed E-state index contributed by atoms with van der Waals surface area (Å²) in [6.07, 6.45) is 3.23. The number of hydrogen-bond donors (Lipinski definition) is 1. The lowest BCUT2D eigenvalue weighted by Crippen LogP contribution is -2.44. The monoisotopic (exact) mass is 491 g/mol. The normalized spacial score (nSPS) is 13.6. The van der Waals surface area contributed by atoms with E-state index in [1.165, 1.54) is 11.1 Å². The molecule has 2 rings (SSSR count). The highest BCUT2D eigenvalue weighted by Gasteiger charge is 2.21. The van der Waals surface area contributed by atoms with E-state index < -0.39 is 0 Å². The highest BCUT2D eigenvalue weighted by molar-refractivity contribution is 14.0. The van der Waals surface area contributed by atoms with Gasteiger partial charge in [-0.15, -0.1) is 24.0 Å². The summed E-state index contributed by atoms with van der Waals surface area (Å²) in [5.41, 5.74) is 2.58. The van der Waals surface area contributed by atoms with Gasteiger partial charge in [-0.1, -0.05) is 13.3 Å². The molecular weight excluding hydrogens is 457 g/mol. The van der Waals surface area contributed by atoms with Crippen LogP contribution in [0.2, 0.25) is 0 Å². The average Bonchev–Trinajstić information content (AvgIpc) is 2.68. The van der Waals surface area contributed by atoms with Gasteiger partial charge in [0.15, 0.2) is 17.5 Å². The Labute approximate surface area is 180 Å². The van der Waals surface area contributed by atoms with Gasteiger partial charge in [0.05, 0.1) is 27.4 Å². The van der Waals surface area contributed by atoms with E-state index in [-0.39, 0.29) is 24.0 Å². The number of hydrogen-bond acceptors (Lipinski definition) is 4. The zero-order chi connectivity index (χ0) is 18.8. The smallest absolute Gasteiger partial charge is 0.194 e. The van der Waals surface area contributed by atoms with Crippen LogP contribution >= 0.6 is 24.0 Å². The predicted octanol–water partition coefficient (Wildman–Crippen LogP) is 3.46. The zero-order valence-corrected chi connectivity index (χ0v) is 19.4. The SMILES string of the molecule is CCCCOCCN=C(NCC)N1CCc2cc(OC)c(OC)cc2C1.I. The van der Waals surface area contributed by atoms with Crippen LogP contribution in [-0.4, -0.2) is 57.9 Å². The first-order chi connectivity index (χ1) is 12.7. The lowest BCUT2D eigenvalue weighted by atomic mass is 9.99. The molecule has 0 saturated heterocycles. The molecule has 0 aliphatic carbocycles. The topological polar surface area (TPSA) is 55.3 Å². The number of fused-ring (bicyclic) bond motifs is 1. The molecule has 0 unspecified atom stereocenters. The molecule has 7 heteroatoms. The molecule has 0 fully saturated rings. The standard InChI is InChI=1S/C20H33N3O3.HI/c1-5-7-11-26-12-9-22-20(21-6-2)23-10-8-16-13-18(24-3)19(25-4)14-17(16)15-23;/h13-14H,5-12,15H2,1-4H3,(H,21,22);1H. The Bertz CT molecular complexity index is 596. The third-order valence-corrected chi connectivity index (χ3v) is 4.49. The maximum atomic E-state index is 5.62. The summed E-state index contributed by atoms with van der Waals surface area (Å²) < 4.78 is 16.5. The molecule has 0 amide bonds. The minimum absolute atomic E-state index is 0. The van der Waals surface area contributed by atoms with Crippen LogP contribution in [0.1, 0.15) is 37.8 Å². The highest BCUT2D eigenvalue weighted by Crippen LogP contribution is 2.33. The quantitative estimate of drug-likeness (QED) is 0.248. The van der Waals surface area contributed by atoms with Crippen LogP contribution in [0.25, 0.3) is 0 Å². The minimum atomic E-state index is 0. The molecular formula is C20H34IN3O3. The van der Waals surface area contributed by atoms with Crippen molar-refractivity contribution in [2.75, 3.05) is 47.1 Å². The molecule has 154 valence electrons. The first-order valence-electron chi connectivity index (χ1n) is 9.58. The molecule has 0 spiro atoms. The number of halogens is 1. The molecule has 1 aliphatic heterocycles. The van der Waals surface area contributed by atoms with Gasteiger partial charge in [0.2, 0.25) is 0 Å². The van der Waals surface area contributed by atoms with Crippen molar-refractivity contribution in [1.29, 1.82) is 0 Å². The summed E-state index contributed by atoms with van der Waals surface area (Å²) in [7, 11) is 3.35. The van der Waals surface area contributed by atoms with Crippen molar-refractivity contribution in [2.45, 2.75) is 39.7 Å². The van der Waals surface area contributed by atoms with Crippen molar-refractivity contribution >= 4 is 29.9 Å². The van der Waals surface area contributed by atoms with Crippen LogP contribution in [0.3, 0.4) is 0 Å². The van der Waals surface area contributed by atoms with Crippen LogP contribution in [0.5, 0.6) is 11.5 Å². The Morgan fingerprint density at radius 3 is 2.44 bits per heavy atom. The van der Waals surface area contributed by atoms with Crippen molar-refractivity contribution in [2.24, 2.45) is 4.99 Å². The second-order valence-electron chi connectivity index (χ2n) is 6.35. The van der Waals surface area contributed by atoms with Gasteiger partial charge in [-0.05, 0) is 43.0 Å². The Morgan fingerprint density at radius 2 is 1.81 bits per heavy atom. The fourth-order valence-electron chi connectivity index (χ4n) is 3.05. The fraction of sp³-hybridized carbons (Fsp3) is 0.650. The number of ether oxygens (including phenoxy) is 3. The Morgan fingerprint density at radius 1 is 1.11 bits per heavy atom. The van der Waals surface area contributed by atoms with Crippen LogP contribution in [-0.2, 0) is 17.7 Å². The van der Waals surface area contributed by atoms with Crippen LogP contribution in [0.15, 0.2) is 17.1 Å². The molecule has 0 atom stereocenters. The van der Waals surface area contributed by atoms with Crippen molar-refractivity contribution in [3.05, 3.63) is 23.3 Å². The summed E-state index contributed by atoms with van der Waals surface area (Å²) >= 11 is 0. The molecule has 27 heavy (non-hydrogen) atoms. The molecule has 0 bridgehead atoms. The summed E-state index contributed by atoms with van der Waals surface area (Å²) in [4.78, 5) is 7.03. The van der Waals surface area contributed by atoms with Gasteiger partial charge in [0.25, 0.3) is 0 Å². The number of nitrogens with zero attached hydrogens (tertiary/aromatic N) is 2. The van der Waals surface area contributed by atoms with Crippen molar-refractivity contribution in [1.82, 2.24) is 10.2 Å². The molecule has 1 aromatic rings. The number of aliphatic imine (C=N–C) groups is 1. The molecule has 1 aliphatic rings. The van der Waals surface area contributed by atoms with Crippen LogP contribution in [0, 0.1) is 0 Å². The average molecular weight is 491 g/mol. The first kappa shape index (κ1) is 23.8. The third kappa shape index (κ3) is 7.03. The van der Waals surface area contributed by atoms with Gasteiger partial charge in [-0.25, -0.2) is 0 Å². The second-order valence-corrected chi connectivity index (χ2v) is 6.35. The summed E-state index contributed by atoms with van der Waals surface area (Å²) in [6, 6.07) is 4.18. The summed E-state index contributed by atoms with van der Waals surface area (Å²) in [6.45, 7) is 9.05. The molecule has 1 aromatic carbocycles. The maximum absolute atomic E-state index is 5.62. The fourth-order valence-corrected chi connectivity index (χ4v) is 3.05. The Kier molecular flexibility index (Phi) is 11.5. The van der Waals surface area contributed by atoms with Gasteiger partial charge in [0.1, 0.15) is 0 Å². The lowest BCUT2D eigenvalue weighted by molar-refractivity contribution is 0.138. The van der Waals surface area contributed by atoms with E-state index in [9.17, 15) is 0 Å². The van der Waals surface area contributed by atoms with Crippen LogP contribution in [0.4, 0.5) is 0 Å². The number of unbranched alkanes of at least 4 members (excludes halogenated alkanes) is 1. The summed E-state index contributed by atoms with van der Waals surface area (Å²) in [5, 5.41) is 3.40. The molecule has 0 saturated carbocycles. The third-order valence-electron chi connectivity index (χ3n) is 4.49. The minimum Gasteiger partial charge on any atom is -0.493 e. The summed E-state index contributed by atoms with van der Waals surface area (Å²) in [5.74, 6) is 2.52. The molecule has 0 aromatic heterocycles. The Hall–Kier alpha value is -1.22. The van der Waals surface area contributed by atoms with Gasteiger partial charge < -0.3 is 24.4 Å². The number of rotatable bonds is 9. The van der Waals surface area contributed by atoms with E-state index in [1.807, 2.05) is 0 Å². The van der Waals surface area contributed by atoms with E-state index in [4.69, 9.17) is 19.2 Å². The number of guanidine groups is 1. The van der Waals surface area contributed by atoms with Crippen LogP contribution < -0.4 is 14.8 Å². The zero-order valence-electron chi connectivity index (χ0n) is 17.0. The number of benzene rings is 1. The lowest BCUT2D eigenvalue weighted by Gasteiger charge is -2.32. The molecule has 6 nitrogen and oxygen atoms in total. The number of methoxy groups -OCH3 is 2. The van der Waals surface area contributed by atoms with Crippen molar-refractivity contribution < 1.29 is 14.2 Å². The van der Waals surface area contributed by atoms with Gasteiger partial charge in [-0.3, -0.25) is 4.99 Å².